The summed E-state index contributed by atoms with van der Waals surface area (Å²) in [6.07, 6.45) is 0. The SMILES string of the molecule is N#Cc1ccc(NC(=O)c2cc3ccccc3n2Cc2ccccc2)c(C(=O)O)c1. The van der Waals surface area contributed by atoms with E-state index in [0.29, 0.717) is 12.2 Å². The zero-order valence-electron chi connectivity index (χ0n) is 15.9. The molecule has 1 aromatic heterocycles. The molecule has 0 atom stereocenters. The number of nitriles is 1. The third-order valence-corrected chi connectivity index (χ3v) is 4.85. The van der Waals surface area contributed by atoms with Crippen molar-refractivity contribution < 1.29 is 14.7 Å². The Morgan fingerprint density at radius 2 is 1.70 bits per heavy atom. The first-order chi connectivity index (χ1) is 14.6. The standard InChI is InChI=1S/C24H17N3O3/c25-14-17-10-11-20(19(12-17)24(29)30)26-23(28)22-13-18-8-4-5-9-21(18)27(22)15-16-6-2-1-3-7-16/h1-13H,15H2,(H,26,28)(H,29,30). The van der Waals surface area contributed by atoms with Crippen molar-refractivity contribution in [3.8, 4) is 6.07 Å². The Kier molecular flexibility index (Phi) is 5.02. The number of hydrogen-bond donors (Lipinski definition) is 2. The van der Waals surface area contributed by atoms with E-state index in [1.54, 1.807) is 6.07 Å². The summed E-state index contributed by atoms with van der Waals surface area (Å²) >= 11 is 0. The van der Waals surface area contributed by atoms with Crippen LogP contribution in [0.25, 0.3) is 10.9 Å². The Labute approximate surface area is 172 Å². The van der Waals surface area contributed by atoms with Crippen molar-refractivity contribution in [1.29, 1.82) is 5.26 Å². The van der Waals surface area contributed by atoms with Crippen LogP contribution in [0.15, 0.2) is 78.9 Å². The molecule has 4 rings (SSSR count). The fourth-order valence-corrected chi connectivity index (χ4v) is 3.42. The van der Waals surface area contributed by atoms with Gasteiger partial charge in [0.05, 0.1) is 22.9 Å². The Morgan fingerprint density at radius 1 is 0.967 bits per heavy atom. The van der Waals surface area contributed by atoms with Crippen LogP contribution >= 0.6 is 0 Å². The minimum absolute atomic E-state index is 0.131. The molecule has 3 aromatic carbocycles. The number of aromatic nitrogens is 1. The first-order valence-electron chi connectivity index (χ1n) is 9.28. The van der Waals surface area contributed by atoms with Crippen LogP contribution in [0.2, 0.25) is 0 Å². The van der Waals surface area contributed by atoms with Crippen LogP contribution in [0.5, 0.6) is 0 Å². The third kappa shape index (κ3) is 3.64. The molecular formula is C24H17N3O3. The summed E-state index contributed by atoms with van der Waals surface area (Å²) in [6.45, 7) is 0.496. The van der Waals surface area contributed by atoms with Crippen molar-refractivity contribution >= 4 is 28.5 Å². The summed E-state index contributed by atoms with van der Waals surface area (Å²) in [5.74, 6) is -1.64. The molecule has 2 N–H and O–H groups in total. The first-order valence-corrected chi connectivity index (χ1v) is 9.28. The zero-order chi connectivity index (χ0) is 21.1. The van der Waals surface area contributed by atoms with E-state index in [9.17, 15) is 14.7 Å². The molecule has 0 unspecified atom stereocenters. The van der Waals surface area contributed by atoms with Crippen LogP contribution in [0.1, 0.15) is 32.0 Å². The average Bonchev–Trinajstić information content (AvgIpc) is 3.13. The van der Waals surface area contributed by atoms with E-state index in [2.05, 4.69) is 5.32 Å². The van der Waals surface area contributed by atoms with Crippen LogP contribution in [0.3, 0.4) is 0 Å². The van der Waals surface area contributed by atoms with Gasteiger partial charge >= 0.3 is 5.97 Å². The lowest BCUT2D eigenvalue weighted by atomic mass is 10.1. The number of carbonyl (C=O) groups is 2. The molecule has 1 heterocycles. The normalized spacial score (nSPS) is 10.5. The second-order valence-electron chi connectivity index (χ2n) is 6.79. The summed E-state index contributed by atoms with van der Waals surface area (Å²) in [7, 11) is 0. The lowest BCUT2D eigenvalue weighted by Gasteiger charge is -2.13. The molecule has 0 radical (unpaired) electrons. The molecule has 0 aliphatic carbocycles. The highest BCUT2D eigenvalue weighted by atomic mass is 16.4. The topological polar surface area (TPSA) is 95.1 Å². The van der Waals surface area contributed by atoms with Crippen molar-refractivity contribution in [1.82, 2.24) is 4.57 Å². The zero-order valence-corrected chi connectivity index (χ0v) is 15.9. The van der Waals surface area contributed by atoms with Gasteiger partial charge in [-0.2, -0.15) is 5.26 Å². The number of anilines is 1. The number of para-hydroxylation sites is 1. The molecule has 4 aromatic rings. The van der Waals surface area contributed by atoms with Crippen molar-refractivity contribution in [3.05, 3.63) is 101 Å². The molecule has 0 saturated carbocycles. The number of nitrogens with one attached hydrogen (secondary N) is 1. The van der Waals surface area contributed by atoms with E-state index in [-0.39, 0.29) is 16.8 Å². The molecule has 0 saturated heterocycles. The number of carboxylic acid groups (broad SMARTS) is 1. The molecule has 0 spiro atoms. The molecule has 6 heteroatoms. The summed E-state index contributed by atoms with van der Waals surface area (Å²) in [6, 6.07) is 25.3. The highest BCUT2D eigenvalue weighted by molar-refractivity contribution is 6.09. The smallest absolute Gasteiger partial charge is 0.337 e. The summed E-state index contributed by atoms with van der Waals surface area (Å²) in [5.41, 5.74) is 2.59. The molecular weight excluding hydrogens is 378 g/mol. The lowest BCUT2D eigenvalue weighted by Crippen LogP contribution is -2.19. The van der Waals surface area contributed by atoms with Crippen LogP contribution in [0.4, 0.5) is 5.69 Å². The van der Waals surface area contributed by atoms with Gasteiger partial charge in [0, 0.05) is 17.4 Å². The average molecular weight is 395 g/mol. The van der Waals surface area contributed by atoms with Gasteiger partial charge in [-0.05, 0) is 35.9 Å². The molecule has 146 valence electrons. The predicted molar refractivity (Wildman–Crippen MR) is 114 cm³/mol. The fraction of sp³-hybridized carbons (Fsp3) is 0.0417. The molecule has 0 aliphatic heterocycles. The van der Waals surface area contributed by atoms with E-state index >= 15 is 0 Å². The maximum atomic E-state index is 13.1. The highest BCUT2D eigenvalue weighted by Gasteiger charge is 2.19. The Balaban J connectivity index is 1.75. The van der Waals surface area contributed by atoms with E-state index in [4.69, 9.17) is 5.26 Å². The molecule has 0 bridgehead atoms. The fourth-order valence-electron chi connectivity index (χ4n) is 3.42. The van der Waals surface area contributed by atoms with Gasteiger partial charge in [-0.1, -0.05) is 48.5 Å². The van der Waals surface area contributed by atoms with Gasteiger partial charge < -0.3 is 15.0 Å². The van der Waals surface area contributed by atoms with E-state index in [1.807, 2.05) is 65.2 Å². The van der Waals surface area contributed by atoms with Gasteiger partial charge in [-0.3, -0.25) is 4.79 Å². The number of rotatable bonds is 5. The number of fused-ring (bicyclic) bond motifs is 1. The molecule has 0 fully saturated rings. The van der Waals surface area contributed by atoms with Crippen molar-refractivity contribution in [2.75, 3.05) is 5.32 Å². The second kappa shape index (κ2) is 7.94. The number of amides is 1. The van der Waals surface area contributed by atoms with Crippen molar-refractivity contribution in [3.63, 3.8) is 0 Å². The molecule has 1 amide bonds. The number of carbonyl (C=O) groups excluding carboxylic acids is 1. The summed E-state index contributed by atoms with van der Waals surface area (Å²) < 4.78 is 1.91. The van der Waals surface area contributed by atoms with Gasteiger partial charge in [0.25, 0.3) is 5.91 Å². The molecule has 30 heavy (non-hydrogen) atoms. The summed E-state index contributed by atoms with van der Waals surface area (Å²) in [4.78, 5) is 24.7. The van der Waals surface area contributed by atoms with Crippen LogP contribution in [-0.4, -0.2) is 21.6 Å². The quantitative estimate of drug-likeness (QED) is 0.520. The maximum Gasteiger partial charge on any atom is 0.337 e. The number of aromatic carboxylic acids is 1. The van der Waals surface area contributed by atoms with Crippen molar-refractivity contribution in [2.24, 2.45) is 0 Å². The van der Waals surface area contributed by atoms with Gasteiger partial charge in [0.2, 0.25) is 0 Å². The van der Waals surface area contributed by atoms with Crippen LogP contribution in [-0.2, 0) is 6.54 Å². The maximum absolute atomic E-state index is 13.1. The van der Waals surface area contributed by atoms with Gasteiger partial charge in [0.15, 0.2) is 0 Å². The monoisotopic (exact) mass is 395 g/mol. The van der Waals surface area contributed by atoms with Crippen molar-refractivity contribution in [2.45, 2.75) is 6.54 Å². The summed E-state index contributed by atoms with van der Waals surface area (Å²) in [5, 5.41) is 22.1. The van der Waals surface area contributed by atoms with Gasteiger partial charge in [-0.25, -0.2) is 4.79 Å². The second-order valence-corrected chi connectivity index (χ2v) is 6.79. The van der Waals surface area contributed by atoms with E-state index < -0.39 is 11.9 Å². The van der Waals surface area contributed by atoms with Crippen LogP contribution in [0, 0.1) is 11.3 Å². The number of nitrogens with zero attached hydrogens (tertiary/aromatic N) is 2. The van der Waals surface area contributed by atoms with Crippen LogP contribution < -0.4 is 5.32 Å². The minimum atomic E-state index is -1.22. The molecule has 6 nitrogen and oxygen atoms in total. The number of carboxylic acids is 1. The Hall–Kier alpha value is -4.37. The Bertz CT molecular complexity index is 1300. The first kappa shape index (κ1) is 19.0. The third-order valence-electron chi connectivity index (χ3n) is 4.85. The van der Waals surface area contributed by atoms with E-state index in [1.165, 1.54) is 18.2 Å². The predicted octanol–water partition coefficient (Wildman–Crippen LogP) is 4.51. The van der Waals surface area contributed by atoms with Gasteiger partial charge in [0.1, 0.15) is 5.69 Å². The molecule has 0 aliphatic rings. The van der Waals surface area contributed by atoms with E-state index in [0.717, 1.165) is 16.5 Å². The number of hydrogen-bond acceptors (Lipinski definition) is 3. The number of benzene rings is 3. The Morgan fingerprint density at radius 3 is 2.43 bits per heavy atom. The van der Waals surface area contributed by atoms with Gasteiger partial charge in [-0.15, -0.1) is 0 Å². The lowest BCUT2D eigenvalue weighted by molar-refractivity contribution is 0.0698. The largest absolute Gasteiger partial charge is 0.478 e. The highest BCUT2D eigenvalue weighted by Crippen LogP contribution is 2.24. The minimum Gasteiger partial charge on any atom is -0.478 e.